The Labute approximate surface area is 366 Å². The van der Waals surface area contributed by atoms with Crippen molar-refractivity contribution in [3.05, 3.63) is 97.2 Å². The van der Waals surface area contributed by atoms with Gasteiger partial charge >= 0.3 is 11.9 Å². The maximum atomic E-state index is 12.7. The number of unbranched alkanes of at least 4 members (excludes halogenated alkanes) is 10. The summed E-state index contributed by atoms with van der Waals surface area (Å²) in [6.45, 7) is 3.93. The van der Waals surface area contributed by atoms with Crippen LogP contribution in [-0.4, -0.2) is 70.0 Å². The Hall–Kier alpha value is -3.07. The fourth-order valence-corrected chi connectivity index (χ4v) is 6.30. The summed E-state index contributed by atoms with van der Waals surface area (Å²) in [7, 11) is 1.12. The molecule has 0 amide bonds. The average molecular weight is 858 g/mol. The Morgan fingerprint density at radius 3 is 1.33 bits per heavy atom. The highest BCUT2D eigenvalue weighted by molar-refractivity contribution is 7.45. The lowest BCUT2D eigenvalue weighted by atomic mass is 10.1. The number of ether oxygens (including phenoxy) is 2. The molecule has 0 rings (SSSR count). The summed E-state index contributed by atoms with van der Waals surface area (Å²) in [5.74, 6) is -0.889. The SMILES string of the molecule is CC/C=C\C/C=C\C/C=C\C/C=C\CCCCCCCCC(=O)OC(COC(=O)CCCCCC/C=C\C/C=C\C/C=C\C/C=C\CC)COP(=O)([O-])OCC[N+](C)(C)C. The molecule has 0 bridgehead atoms. The molecule has 2 atom stereocenters. The number of hydrogen-bond donors (Lipinski definition) is 0. The van der Waals surface area contributed by atoms with E-state index >= 15 is 0 Å². The zero-order valence-corrected chi connectivity index (χ0v) is 39.3. The van der Waals surface area contributed by atoms with Gasteiger partial charge in [-0.05, 0) is 89.9 Å². The van der Waals surface area contributed by atoms with E-state index in [4.69, 9.17) is 18.5 Å². The van der Waals surface area contributed by atoms with Crippen molar-refractivity contribution in [2.75, 3.05) is 47.5 Å². The second-order valence-corrected chi connectivity index (χ2v) is 17.4. The second-order valence-electron chi connectivity index (χ2n) is 16.0. The molecule has 0 N–H and O–H groups in total. The average Bonchev–Trinajstić information content (AvgIpc) is 3.20. The summed E-state index contributed by atoms with van der Waals surface area (Å²) in [5.41, 5.74) is 0. The van der Waals surface area contributed by atoms with Gasteiger partial charge in [0.25, 0.3) is 7.82 Å². The van der Waals surface area contributed by atoms with Gasteiger partial charge in [0.15, 0.2) is 6.10 Å². The van der Waals surface area contributed by atoms with Crippen LogP contribution in [-0.2, 0) is 32.7 Å². The van der Waals surface area contributed by atoms with E-state index in [1.54, 1.807) is 0 Å². The predicted molar refractivity (Wildman–Crippen MR) is 249 cm³/mol. The van der Waals surface area contributed by atoms with Crippen LogP contribution in [0.3, 0.4) is 0 Å². The number of likely N-dealkylation sites (N-methyl/N-ethyl adjacent to an activating group) is 1. The van der Waals surface area contributed by atoms with Crippen LogP contribution in [0.25, 0.3) is 0 Å². The van der Waals surface area contributed by atoms with Crippen LogP contribution in [0.2, 0.25) is 0 Å². The Morgan fingerprint density at radius 1 is 0.517 bits per heavy atom. The third kappa shape index (κ3) is 44.5. The van der Waals surface area contributed by atoms with Crippen LogP contribution >= 0.6 is 7.82 Å². The van der Waals surface area contributed by atoms with Gasteiger partial charge in [0, 0.05) is 12.8 Å². The van der Waals surface area contributed by atoms with Gasteiger partial charge in [-0.1, -0.05) is 150 Å². The number of phosphoric ester groups is 1. The zero-order valence-electron chi connectivity index (χ0n) is 38.4. The normalized spacial score (nSPS) is 14.4. The summed E-state index contributed by atoms with van der Waals surface area (Å²) in [5, 5.41) is 0. The number of esters is 2. The first kappa shape index (κ1) is 56.9. The van der Waals surface area contributed by atoms with Crippen molar-refractivity contribution in [1.82, 2.24) is 0 Å². The Kier molecular flexibility index (Phi) is 39.2. The molecule has 0 aromatic heterocycles. The minimum atomic E-state index is -4.64. The van der Waals surface area contributed by atoms with Crippen LogP contribution in [0.4, 0.5) is 0 Å². The maximum absolute atomic E-state index is 12.7. The summed E-state index contributed by atoms with van der Waals surface area (Å²) in [6, 6.07) is 0. The van der Waals surface area contributed by atoms with E-state index in [1.807, 2.05) is 21.1 Å². The Bertz CT molecular complexity index is 1340. The zero-order chi connectivity index (χ0) is 44.3. The molecular weight excluding hydrogens is 774 g/mol. The van der Waals surface area contributed by atoms with Crippen molar-refractivity contribution in [3.8, 4) is 0 Å². The maximum Gasteiger partial charge on any atom is 0.306 e. The lowest BCUT2D eigenvalue weighted by molar-refractivity contribution is -0.870. The molecule has 0 saturated heterocycles. The van der Waals surface area contributed by atoms with Crippen molar-refractivity contribution < 1.29 is 42.1 Å². The van der Waals surface area contributed by atoms with Crippen molar-refractivity contribution >= 4 is 19.8 Å². The number of carbonyl (C=O) groups is 2. The van der Waals surface area contributed by atoms with E-state index in [1.165, 1.54) is 0 Å². The quantitative estimate of drug-likeness (QED) is 0.0197. The van der Waals surface area contributed by atoms with E-state index in [0.29, 0.717) is 23.9 Å². The molecule has 0 aromatic carbocycles. The van der Waals surface area contributed by atoms with Gasteiger partial charge in [-0.25, -0.2) is 0 Å². The molecule has 0 radical (unpaired) electrons. The molecule has 0 heterocycles. The van der Waals surface area contributed by atoms with Gasteiger partial charge in [0.1, 0.15) is 19.8 Å². The van der Waals surface area contributed by atoms with E-state index < -0.39 is 32.5 Å². The van der Waals surface area contributed by atoms with Gasteiger partial charge in [-0.15, -0.1) is 0 Å². The molecule has 0 aliphatic heterocycles. The molecule has 0 aliphatic carbocycles. The molecular formula is C50H84NO8P. The molecule has 9 nitrogen and oxygen atoms in total. The Balaban J connectivity index is 4.42. The van der Waals surface area contributed by atoms with Crippen LogP contribution in [0, 0.1) is 0 Å². The monoisotopic (exact) mass is 858 g/mol. The standard InChI is InChI=1S/C50H84NO8P/c1-6-8-10-12-14-16-18-20-22-24-25-27-29-31-33-35-37-39-41-43-50(53)59-48(47-58-60(54,55)57-45-44-51(3,4)5)46-56-49(52)42-40-38-36-34-32-30-28-26-23-21-19-17-15-13-11-9-7-2/h8-11,14-17,20-23,25,27-28,30,48H,6-7,12-13,18-19,24,26,29,31-47H2,1-5H3/b10-8-,11-9-,16-14-,17-15-,22-20-,23-21-,27-25-,30-28-. The summed E-state index contributed by atoms with van der Waals surface area (Å²) in [4.78, 5) is 37.6. The van der Waals surface area contributed by atoms with Crippen LogP contribution in [0.5, 0.6) is 0 Å². The largest absolute Gasteiger partial charge is 0.756 e. The fraction of sp³-hybridized carbons (Fsp3) is 0.640. The minimum absolute atomic E-state index is 0.0441. The molecule has 60 heavy (non-hydrogen) atoms. The first-order valence-corrected chi connectivity index (χ1v) is 24.4. The summed E-state index contributed by atoms with van der Waals surface area (Å²) < 4.78 is 33.9. The van der Waals surface area contributed by atoms with Crippen LogP contribution in [0.1, 0.15) is 155 Å². The summed E-state index contributed by atoms with van der Waals surface area (Å²) >= 11 is 0. The number of phosphoric acid groups is 1. The smallest absolute Gasteiger partial charge is 0.306 e. The van der Waals surface area contributed by atoms with Crippen LogP contribution in [0.15, 0.2) is 97.2 Å². The van der Waals surface area contributed by atoms with Crippen LogP contribution < -0.4 is 4.89 Å². The van der Waals surface area contributed by atoms with E-state index in [0.717, 1.165) is 116 Å². The highest BCUT2D eigenvalue weighted by Gasteiger charge is 2.21. The van der Waals surface area contributed by atoms with E-state index in [9.17, 15) is 19.0 Å². The molecule has 0 saturated carbocycles. The molecule has 10 heteroatoms. The van der Waals surface area contributed by atoms with Crippen molar-refractivity contribution in [1.29, 1.82) is 0 Å². The number of hydrogen-bond acceptors (Lipinski definition) is 8. The number of quaternary nitrogens is 1. The third-order valence-corrected chi connectivity index (χ3v) is 10.1. The van der Waals surface area contributed by atoms with Crippen molar-refractivity contribution in [2.45, 2.75) is 161 Å². The van der Waals surface area contributed by atoms with Gasteiger partial charge in [0.2, 0.25) is 0 Å². The highest BCUT2D eigenvalue weighted by Crippen LogP contribution is 2.38. The topological polar surface area (TPSA) is 111 Å². The molecule has 342 valence electrons. The number of nitrogens with zero attached hydrogens (tertiary/aromatic N) is 1. The van der Waals surface area contributed by atoms with E-state index in [2.05, 4.69) is 111 Å². The van der Waals surface area contributed by atoms with Gasteiger partial charge in [-0.2, -0.15) is 0 Å². The van der Waals surface area contributed by atoms with Crippen molar-refractivity contribution in [2.24, 2.45) is 0 Å². The third-order valence-electron chi connectivity index (χ3n) is 9.10. The minimum Gasteiger partial charge on any atom is -0.756 e. The van der Waals surface area contributed by atoms with Gasteiger partial charge < -0.3 is 27.9 Å². The number of rotatable bonds is 40. The summed E-state index contributed by atoms with van der Waals surface area (Å²) in [6.07, 6.45) is 54.3. The molecule has 0 spiro atoms. The van der Waals surface area contributed by atoms with Crippen molar-refractivity contribution in [3.63, 3.8) is 0 Å². The molecule has 0 fully saturated rings. The number of allylic oxidation sites excluding steroid dienone is 16. The number of carbonyl (C=O) groups excluding carboxylic acids is 2. The first-order valence-electron chi connectivity index (χ1n) is 22.9. The predicted octanol–water partition coefficient (Wildman–Crippen LogP) is 12.7. The highest BCUT2D eigenvalue weighted by atomic mass is 31.2. The molecule has 0 aliphatic rings. The fourth-order valence-electron chi connectivity index (χ4n) is 5.58. The van der Waals surface area contributed by atoms with Gasteiger partial charge in [0.05, 0.1) is 27.7 Å². The van der Waals surface area contributed by atoms with Gasteiger partial charge in [-0.3, -0.25) is 14.2 Å². The molecule has 0 aromatic rings. The second kappa shape index (κ2) is 41.3. The Morgan fingerprint density at radius 2 is 0.900 bits per heavy atom. The first-order chi connectivity index (χ1) is 29.0. The molecule has 2 unspecified atom stereocenters. The lowest BCUT2D eigenvalue weighted by Crippen LogP contribution is -2.37. The lowest BCUT2D eigenvalue weighted by Gasteiger charge is -2.28. The van der Waals surface area contributed by atoms with E-state index in [-0.39, 0.29) is 26.1 Å².